The third-order valence-corrected chi connectivity index (χ3v) is 10.8. The van der Waals surface area contributed by atoms with Crippen molar-refractivity contribution < 1.29 is 23.5 Å². The zero-order valence-corrected chi connectivity index (χ0v) is 28.5. The maximum absolute atomic E-state index is 13.5. The molecule has 13 heteroatoms. The molecule has 3 aliphatic heterocycles. The minimum atomic E-state index is -1.27. The molecule has 3 aromatic carbocycles. The molecule has 10 nitrogen and oxygen atoms in total. The van der Waals surface area contributed by atoms with E-state index in [0.717, 1.165) is 33.2 Å². The van der Waals surface area contributed by atoms with Gasteiger partial charge in [0.2, 0.25) is 11.8 Å². The number of nitrogens with one attached hydrogen (secondary N) is 2. The molecule has 1 spiro atoms. The number of benzene rings is 3. The van der Waals surface area contributed by atoms with Gasteiger partial charge in [-0.1, -0.05) is 73.4 Å². The third kappa shape index (κ3) is 3.98. The van der Waals surface area contributed by atoms with Crippen LogP contribution in [0.15, 0.2) is 61.8 Å². The number of aromatic amines is 1. The van der Waals surface area contributed by atoms with Gasteiger partial charge in [-0.15, -0.1) is 0 Å². The summed E-state index contributed by atoms with van der Waals surface area (Å²) < 4.78 is 20.5. The smallest absolute Gasteiger partial charge is 0.250 e. The van der Waals surface area contributed by atoms with E-state index in [2.05, 4.69) is 31.2 Å². The van der Waals surface area contributed by atoms with Crippen LogP contribution in [0.1, 0.15) is 48.2 Å². The number of phenolic OH excluding ortho intramolecular Hbond substituents is 1. The number of para-hydroxylation sites is 1. The number of carbonyl (C=O) groups excluding carboxylic acids is 1. The van der Waals surface area contributed by atoms with Gasteiger partial charge in [0, 0.05) is 27.6 Å². The monoisotopic (exact) mass is 745 g/mol. The van der Waals surface area contributed by atoms with Crippen LogP contribution in [-0.4, -0.2) is 38.6 Å². The van der Waals surface area contributed by atoms with Crippen LogP contribution in [0.5, 0.6) is 11.5 Å². The lowest BCUT2D eigenvalue weighted by Crippen LogP contribution is -2.45. The molecule has 0 saturated carbocycles. The number of hydrogen-bond acceptors (Lipinski definition) is 8. The van der Waals surface area contributed by atoms with E-state index in [1.54, 1.807) is 6.07 Å². The molecule has 0 radical (unpaired) electrons. The van der Waals surface area contributed by atoms with Gasteiger partial charge in [0.25, 0.3) is 5.89 Å². The summed E-state index contributed by atoms with van der Waals surface area (Å²) >= 11 is 17.3. The van der Waals surface area contributed by atoms with Crippen molar-refractivity contribution in [1.82, 2.24) is 20.3 Å². The lowest BCUT2D eigenvalue weighted by atomic mass is 9.71. The van der Waals surface area contributed by atoms with E-state index >= 15 is 0 Å². The molecule has 3 atom stereocenters. The largest absolute Gasteiger partial charge is 0.506 e. The minimum absolute atomic E-state index is 0.0278. The zero-order chi connectivity index (χ0) is 33.2. The number of rotatable bonds is 1. The molecule has 5 N–H and O–H groups in total. The molecule has 10 bridgehead atoms. The Labute approximate surface area is 291 Å². The number of nitrogens with zero attached hydrogens (tertiary/aromatic N) is 2. The Morgan fingerprint density at radius 2 is 1.88 bits per heavy atom. The number of nitrogens with two attached hydrogens (primary N) is 1. The van der Waals surface area contributed by atoms with E-state index in [1.165, 1.54) is 0 Å². The SMILES string of the molecule is CC(C)[C@@H]1NC(=O)[C@@H](N)Cc2cc(Br)c(O)c(c2)[C@@]23COc4c(cccc42)-c2cccc4[nH]c(Cl)c(c24)-c2oc(nc2Cl)-c2nc1oc23. The van der Waals surface area contributed by atoms with Crippen molar-refractivity contribution >= 4 is 55.9 Å². The Kier molecular flexibility index (Phi) is 6.43. The molecular weight excluding hydrogens is 721 g/mol. The van der Waals surface area contributed by atoms with Crippen molar-refractivity contribution in [2.45, 2.75) is 37.8 Å². The van der Waals surface area contributed by atoms with Gasteiger partial charge in [-0.3, -0.25) is 4.79 Å². The summed E-state index contributed by atoms with van der Waals surface area (Å²) in [5.41, 5.74) is 10.3. The average Bonchev–Trinajstić information content (AvgIpc) is 3.83. The zero-order valence-electron chi connectivity index (χ0n) is 25.5. The lowest BCUT2D eigenvalue weighted by molar-refractivity contribution is -0.123. The van der Waals surface area contributed by atoms with Crippen molar-refractivity contribution in [3.63, 3.8) is 0 Å². The molecule has 9 rings (SSSR count). The van der Waals surface area contributed by atoms with Crippen LogP contribution in [0, 0.1) is 5.92 Å². The van der Waals surface area contributed by atoms with Gasteiger partial charge in [0.1, 0.15) is 34.7 Å². The molecule has 242 valence electrons. The average molecular weight is 747 g/mol. The number of carbonyl (C=O) groups is 1. The van der Waals surface area contributed by atoms with Crippen LogP contribution in [-0.2, 0) is 16.6 Å². The van der Waals surface area contributed by atoms with Crippen molar-refractivity contribution in [2.75, 3.05) is 6.61 Å². The van der Waals surface area contributed by atoms with Crippen LogP contribution < -0.4 is 15.8 Å². The first-order valence-corrected chi connectivity index (χ1v) is 16.9. The summed E-state index contributed by atoms with van der Waals surface area (Å²) in [6.45, 7) is 3.94. The number of halogens is 3. The number of aromatic nitrogens is 3. The quantitative estimate of drug-likeness (QED) is 0.134. The molecule has 1 amide bonds. The highest BCUT2D eigenvalue weighted by Crippen LogP contribution is 2.58. The normalized spacial score (nSPS) is 20.9. The fourth-order valence-electron chi connectivity index (χ4n) is 7.37. The van der Waals surface area contributed by atoms with E-state index in [-0.39, 0.29) is 59.0 Å². The summed E-state index contributed by atoms with van der Waals surface area (Å²) in [4.78, 5) is 26.4. The number of aromatic hydroxyl groups is 1. The Morgan fingerprint density at radius 1 is 1.08 bits per heavy atom. The fraction of sp³-hybridized carbons (Fsp3) is 0.229. The highest BCUT2D eigenvalue weighted by Gasteiger charge is 2.53. The molecule has 0 fully saturated rings. The van der Waals surface area contributed by atoms with E-state index in [9.17, 15) is 9.90 Å². The molecular formula is C35H26BrCl2N5O5. The maximum Gasteiger partial charge on any atom is 0.250 e. The molecule has 3 aliphatic rings. The van der Waals surface area contributed by atoms with Crippen LogP contribution in [0.4, 0.5) is 0 Å². The van der Waals surface area contributed by atoms with Gasteiger partial charge in [-0.05, 0) is 51.5 Å². The van der Waals surface area contributed by atoms with E-state index in [4.69, 9.17) is 47.5 Å². The Hall–Kier alpha value is -4.29. The second-order valence-corrected chi connectivity index (χ2v) is 14.4. The first-order valence-electron chi connectivity index (χ1n) is 15.4. The van der Waals surface area contributed by atoms with Crippen molar-refractivity contribution in [3.8, 4) is 45.5 Å². The van der Waals surface area contributed by atoms with Gasteiger partial charge in [-0.25, -0.2) is 4.98 Å². The number of fused-ring (bicyclic) bond motifs is 8. The summed E-state index contributed by atoms with van der Waals surface area (Å²) in [5, 5.41) is 16.1. The van der Waals surface area contributed by atoms with Crippen LogP contribution >= 0.6 is 39.1 Å². The molecule has 48 heavy (non-hydrogen) atoms. The standard InChI is InChI=1S/C35H26BrCl2N5O5/c1-13(2)24-33-42-25-29(48-33)35(18-9-14(10-19(36)26(18)44)11-20(39)32(45)41-24)12-46-27-16(6-3-7-17(27)35)15-5-4-8-21-22(15)23(30(37)40-21)28-31(38)43-34(25)47-28/h3-10,13,20,24,40,44H,11-12,39H2,1-2H3,(H,41,45)/t20-,24-,35+/m0/s1. The summed E-state index contributed by atoms with van der Waals surface area (Å²) in [6.07, 6.45) is 0.212. The van der Waals surface area contributed by atoms with Crippen LogP contribution in [0.3, 0.4) is 0 Å². The van der Waals surface area contributed by atoms with E-state index in [0.29, 0.717) is 32.3 Å². The predicted octanol–water partition coefficient (Wildman–Crippen LogP) is 7.66. The van der Waals surface area contributed by atoms with Gasteiger partial charge in [0.05, 0.1) is 16.1 Å². The number of amides is 1. The summed E-state index contributed by atoms with van der Waals surface area (Å²) in [5.74, 6) is 0.901. The Bertz CT molecular complexity index is 2360. The first kappa shape index (κ1) is 29.8. The number of phenols is 1. The number of ether oxygens (including phenoxy) is 1. The fourth-order valence-corrected chi connectivity index (χ4v) is 8.37. The van der Waals surface area contributed by atoms with Crippen LogP contribution in [0.25, 0.3) is 44.9 Å². The molecule has 3 aromatic heterocycles. The van der Waals surface area contributed by atoms with Crippen molar-refractivity contribution in [2.24, 2.45) is 11.7 Å². The van der Waals surface area contributed by atoms with Crippen LogP contribution in [0.2, 0.25) is 10.3 Å². The summed E-state index contributed by atoms with van der Waals surface area (Å²) in [6, 6.07) is 13.8. The predicted molar refractivity (Wildman–Crippen MR) is 183 cm³/mol. The highest BCUT2D eigenvalue weighted by atomic mass is 79.9. The first-order chi connectivity index (χ1) is 23.1. The van der Waals surface area contributed by atoms with Gasteiger partial charge in [-0.2, -0.15) is 4.98 Å². The van der Waals surface area contributed by atoms with Crippen molar-refractivity contribution in [3.05, 3.63) is 91.7 Å². The van der Waals surface area contributed by atoms with Gasteiger partial charge < -0.3 is 34.7 Å². The second-order valence-electron chi connectivity index (χ2n) is 12.8. The molecule has 0 saturated heterocycles. The van der Waals surface area contributed by atoms with Crippen molar-refractivity contribution in [1.29, 1.82) is 0 Å². The van der Waals surface area contributed by atoms with E-state index in [1.807, 2.05) is 56.3 Å². The maximum atomic E-state index is 13.5. The molecule has 6 heterocycles. The molecule has 0 unspecified atom stereocenters. The van der Waals surface area contributed by atoms with Gasteiger partial charge >= 0.3 is 0 Å². The van der Waals surface area contributed by atoms with E-state index < -0.39 is 17.5 Å². The molecule has 6 aromatic rings. The Morgan fingerprint density at radius 3 is 2.69 bits per heavy atom. The summed E-state index contributed by atoms with van der Waals surface area (Å²) in [7, 11) is 0. The second kappa shape index (κ2) is 10.4. The number of hydrogen-bond donors (Lipinski definition) is 4. The minimum Gasteiger partial charge on any atom is -0.506 e. The topological polar surface area (TPSA) is 152 Å². The van der Waals surface area contributed by atoms with Gasteiger partial charge in [0.15, 0.2) is 22.4 Å². The lowest BCUT2D eigenvalue weighted by Gasteiger charge is -2.30. The number of H-pyrrole nitrogens is 1. The molecule has 0 aliphatic carbocycles. The highest BCUT2D eigenvalue weighted by molar-refractivity contribution is 9.10. The third-order valence-electron chi connectivity index (χ3n) is 9.63. The number of oxazole rings is 2. The Balaban J connectivity index is 1.49.